The van der Waals surface area contributed by atoms with E-state index in [1.165, 1.54) is 11.3 Å². The van der Waals surface area contributed by atoms with E-state index in [9.17, 15) is 0 Å². The molecule has 156 valence electrons. The van der Waals surface area contributed by atoms with Gasteiger partial charge in [-0.2, -0.15) is 4.98 Å². The Labute approximate surface area is 176 Å². The number of ether oxygens (including phenoxy) is 2. The highest BCUT2D eigenvalue weighted by Crippen LogP contribution is 2.25. The third-order valence-electron chi connectivity index (χ3n) is 4.88. The maximum Gasteiger partial charge on any atom is 0.230 e. The molecule has 2 aliphatic rings. The Morgan fingerprint density at radius 2 is 2.13 bits per heavy atom. The Morgan fingerprint density at radius 3 is 3.03 bits per heavy atom. The van der Waals surface area contributed by atoms with Crippen molar-refractivity contribution in [1.29, 1.82) is 0 Å². The summed E-state index contributed by atoms with van der Waals surface area (Å²) in [6, 6.07) is 8.11. The number of nitrogens with zero attached hydrogens (tertiary/aromatic N) is 2. The van der Waals surface area contributed by atoms with Crippen molar-refractivity contribution in [2.45, 2.75) is 32.8 Å². The summed E-state index contributed by atoms with van der Waals surface area (Å²) in [5.74, 6) is 1.94. The molecular weight excluding hydrogens is 378 g/mol. The third kappa shape index (κ3) is 5.18. The van der Waals surface area contributed by atoms with E-state index < -0.39 is 0 Å². The lowest BCUT2D eigenvalue weighted by Gasteiger charge is -2.18. The van der Waals surface area contributed by atoms with Crippen molar-refractivity contribution < 1.29 is 9.47 Å². The first kappa shape index (κ1) is 20.0. The van der Waals surface area contributed by atoms with Gasteiger partial charge in [-0.3, -0.25) is 0 Å². The molecule has 0 fully saturated rings. The first-order chi connectivity index (χ1) is 14.7. The summed E-state index contributed by atoms with van der Waals surface area (Å²) in [6.45, 7) is 3.55. The van der Waals surface area contributed by atoms with Crippen LogP contribution < -0.4 is 21.1 Å². The van der Waals surface area contributed by atoms with Gasteiger partial charge < -0.3 is 25.8 Å². The van der Waals surface area contributed by atoms with Gasteiger partial charge in [-0.25, -0.2) is 4.98 Å². The van der Waals surface area contributed by atoms with Crippen molar-refractivity contribution in [3.8, 4) is 5.88 Å². The van der Waals surface area contributed by atoms with E-state index in [0.717, 1.165) is 42.0 Å². The Balaban J connectivity index is 1.36. The van der Waals surface area contributed by atoms with Gasteiger partial charge in [0, 0.05) is 42.3 Å². The molecule has 1 aliphatic carbocycles. The first-order valence-electron chi connectivity index (χ1n) is 10.2. The third-order valence-corrected chi connectivity index (χ3v) is 4.88. The molecule has 0 saturated heterocycles. The fourth-order valence-corrected chi connectivity index (χ4v) is 3.39. The topological polar surface area (TPSA) is 94.3 Å². The van der Waals surface area contributed by atoms with Crippen molar-refractivity contribution in [2.75, 3.05) is 23.8 Å². The van der Waals surface area contributed by atoms with Gasteiger partial charge in [0.05, 0.1) is 12.4 Å². The van der Waals surface area contributed by atoms with Gasteiger partial charge in [-0.1, -0.05) is 24.3 Å². The van der Waals surface area contributed by atoms with Crippen molar-refractivity contribution in [3.63, 3.8) is 0 Å². The fraction of sp³-hybridized carbons (Fsp3) is 0.304. The Hall–Kier alpha value is -3.32. The lowest BCUT2D eigenvalue weighted by atomic mass is 10.0. The van der Waals surface area contributed by atoms with Crippen LogP contribution in [0.15, 0.2) is 65.8 Å². The molecule has 4 rings (SSSR count). The molecule has 2 aromatic rings. The lowest BCUT2D eigenvalue weighted by Crippen LogP contribution is -2.11. The largest absolute Gasteiger partial charge is 0.497 e. The van der Waals surface area contributed by atoms with Gasteiger partial charge in [-0.15, -0.1) is 0 Å². The molecule has 0 spiro atoms. The molecule has 1 aliphatic heterocycles. The van der Waals surface area contributed by atoms with Crippen molar-refractivity contribution >= 4 is 11.6 Å². The number of anilines is 2. The summed E-state index contributed by atoms with van der Waals surface area (Å²) in [4.78, 5) is 8.76. The zero-order valence-electron chi connectivity index (χ0n) is 17.1. The van der Waals surface area contributed by atoms with E-state index in [1.807, 2.05) is 6.08 Å². The number of hydrogen-bond acceptors (Lipinski definition) is 7. The molecule has 30 heavy (non-hydrogen) atoms. The van der Waals surface area contributed by atoms with Gasteiger partial charge in [-0.05, 0) is 43.0 Å². The highest BCUT2D eigenvalue weighted by Gasteiger charge is 2.10. The van der Waals surface area contributed by atoms with Crippen molar-refractivity contribution in [1.82, 2.24) is 9.97 Å². The van der Waals surface area contributed by atoms with Crippen LogP contribution in [0.1, 0.15) is 30.9 Å². The number of benzene rings is 1. The minimum Gasteiger partial charge on any atom is -0.497 e. The molecule has 0 amide bonds. The van der Waals surface area contributed by atoms with Crippen LogP contribution in [0.5, 0.6) is 5.88 Å². The minimum atomic E-state index is 0.451. The molecule has 1 aromatic heterocycles. The summed E-state index contributed by atoms with van der Waals surface area (Å²) in [5.41, 5.74) is 11.2. The molecular formula is C23H27N5O2. The monoisotopic (exact) mass is 405 g/mol. The summed E-state index contributed by atoms with van der Waals surface area (Å²) in [5, 5.41) is 6.62. The summed E-state index contributed by atoms with van der Waals surface area (Å²) < 4.78 is 11.5. The van der Waals surface area contributed by atoms with Crippen molar-refractivity contribution in [3.05, 3.63) is 77.0 Å². The smallest absolute Gasteiger partial charge is 0.230 e. The van der Waals surface area contributed by atoms with Gasteiger partial charge in [0.25, 0.3) is 0 Å². The quantitative estimate of drug-likeness (QED) is 0.614. The zero-order valence-corrected chi connectivity index (χ0v) is 17.1. The molecule has 0 atom stereocenters. The summed E-state index contributed by atoms with van der Waals surface area (Å²) >= 11 is 0. The van der Waals surface area contributed by atoms with E-state index >= 15 is 0 Å². The number of aromatic nitrogens is 2. The average molecular weight is 406 g/mol. The Bertz CT molecular complexity index is 997. The van der Waals surface area contributed by atoms with Crippen molar-refractivity contribution in [2.24, 2.45) is 5.73 Å². The SMILES string of the molecule is CC1=CCc2cc(COc3ccnc(NC4=CCCC(OCCN)=C4)n3)ccc2N1. The standard InChI is InChI=1S/C23H27N5O2/c1-16-5-7-18-13-17(6-8-21(18)26-16)15-30-22-9-11-25-23(28-22)27-19-3-2-4-20(14-19)29-12-10-24/h3,5-6,8-9,11,13-14,26H,2,4,7,10,12,15,24H2,1H3,(H,25,27,28). The maximum absolute atomic E-state index is 5.91. The number of nitrogens with one attached hydrogen (secondary N) is 2. The number of hydrogen-bond donors (Lipinski definition) is 3. The molecule has 0 radical (unpaired) electrons. The van der Waals surface area contributed by atoms with Crippen LogP contribution in [0.2, 0.25) is 0 Å². The second-order valence-corrected chi connectivity index (χ2v) is 7.29. The molecule has 7 heteroatoms. The summed E-state index contributed by atoms with van der Waals surface area (Å²) in [6.07, 6.45) is 10.7. The molecule has 4 N–H and O–H groups in total. The Morgan fingerprint density at radius 1 is 1.20 bits per heavy atom. The maximum atomic E-state index is 5.91. The number of rotatable bonds is 8. The van der Waals surface area contributed by atoms with E-state index in [2.05, 4.69) is 57.9 Å². The second-order valence-electron chi connectivity index (χ2n) is 7.29. The van der Waals surface area contributed by atoms with Crippen LogP contribution in [0.4, 0.5) is 11.6 Å². The van der Waals surface area contributed by atoms with Crippen LogP contribution in [0.25, 0.3) is 0 Å². The van der Waals surface area contributed by atoms with E-state index in [-0.39, 0.29) is 0 Å². The lowest BCUT2D eigenvalue weighted by molar-refractivity contribution is 0.210. The average Bonchev–Trinajstić information content (AvgIpc) is 2.77. The summed E-state index contributed by atoms with van der Waals surface area (Å²) in [7, 11) is 0. The van der Waals surface area contributed by atoms with Crippen LogP contribution >= 0.6 is 0 Å². The highest BCUT2D eigenvalue weighted by atomic mass is 16.5. The predicted octanol–water partition coefficient (Wildman–Crippen LogP) is 3.88. The van der Waals surface area contributed by atoms with Gasteiger partial charge in [0.1, 0.15) is 6.61 Å². The fourth-order valence-electron chi connectivity index (χ4n) is 3.39. The van der Waals surface area contributed by atoms with E-state index in [0.29, 0.717) is 31.6 Å². The zero-order chi connectivity index (χ0) is 20.8. The van der Waals surface area contributed by atoms with E-state index in [1.54, 1.807) is 12.3 Å². The van der Waals surface area contributed by atoms with Crippen LogP contribution in [0.3, 0.4) is 0 Å². The molecule has 0 bridgehead atoms. The van der Waals surface area contributed by atoms with Crippen LogP contribution in [0, 0.1) is 0 Å². The van der Waals surface area contributed by atoms with Gasteiger partial charge in [0.2, 0.25) is 11.8 Å². The molecule has 0 saturated carbocycles. The predicted molar refractivity (Wildman–Crippen MR) is 118 cm³/mol. The van der Waals surface area contributed by atoms with E-state index in [4.69, 9.17) is 15.2 Å². The van der Waals surface area contributed by atoms with Gasteiger partial charge >= 0.3 is 0 Å². The highest BCUT2D eigenvalue weighted by molar-refractivity contribution is 5.59. The normalized spacial score (nSPS) is 15.2. The Kier molecular flexibility index (Phi) is 6.29. The molecule has 0 unspecified atom stereocenters. The number of fused-ring (bicyclic) bond motifs is 1. The minimum absolute atomic E-state index is 0.451. The van der Waals surface area contributed by atoms with Crippen LogP contribution in [-0.4, -0.2) is 23.1 Å². The number of allylic oxidation sites excluding steroid dienone is 5. The molecule has 2 heterocycles. The van der Waals surface area contributed by atoms with Gasteiger partial charge in [0.15, 0.2) is 0 Å². The molecule has 1 aromatic carbocycles. The molecule has 7 nitrogen and oxygen atoms in total. The second kappa shape index (κ2) is 9.45. The number of nitrogens with two attached hydrogens (primary N) is 1. The van der Waals surface area contributed by atoms with Crippen LogP contribution in [-0.2, 0) is 17.8 Å². The first-order valence-corrected chi connectivity index (χ1v) is 10.2.